The Morgan fingerprint density at radius 2 is 2.08 bits per heavy atom. The normalized spacial score (nSPS) is 14.2. The van der Waals surface area contributed by atoms with Crippen molar-refractivity contribution in [1.82, 2.24) is 4.98 Å². The summed E-state index contributed by atoms with van der Waals surface area (Å²) >= 11 is 3.21. The van der Waals surface area contributed by atoms with Crippen LogP contribution in [0.4, 0.5) is 11.5 Å². The molecule has 1 amide bonds. The van der Waals surface area contributed by atoms with Crippen LogP contribution in [-0.2, 0) is 21.2 Å². The number of hydrogen-bond donors (Lipinski definition) is 1. The van der Waals surface area contributed by atoms with Crippen LogP contribution < -0.4 is 9.62 Å². The van der Waals surface area contributed by atoms with E-state index in [4.69, 9.17) is 0 Å². The molecule has 2 aromatic rings. The van der Waals surface area contributed by atoms with Crippen LogP contribution in [0.25, 0.3) is 0 Å². The number of fused-ring (bicyclic) bond motifs is 1. The van der Waals surface area contributed by atoms with Gasteiger partial charge < -0.3 is 4.90 Å². The second kappa shape index (κ2) is 6.52. The highest BCUT2D eigenvalue weighted by Crippen LogP contribution is 2.30. The molecule has 0 spiro atoms. The first-order valence-corrected chi connectivity index (χ1v) is 9.71. The lowest BCUT2D eigenvalue weighted by atomic mass is 10.0. The molecule has 1 aliphatic rings. The van der Waals surface area contributed by atoms with Crippen molar-refractivity contribution >= 4 is 43.4 Å². The molecule has 8 heteroatoms. The SMILES string of the molecule is CC(=O)N1CCCc2cc(S(=O)(=O)Nc3cccc(Br)n3)ccc21. The van der Waals surface area contributed by atoms with Gasteiger partial charge in [-0.3, -0.25) is 9.52 Å². The van der Waals surface area contributed by atoms with E-state index in [1.165, 1.54) is 13.0 Å². The number of rotatable bonds is 3. The van der Waals surface area contributed by atoms with E-state index in [1.807, 2.05) is 0 Å². The lowest BCUT2D eigenvalue weighted by Gasteiger charge is -2.28. The second-order valence-corrected chi connectivity index (χ2v) is 8.01. The standard InChI is InChI=1S/C16H16BrN3O3S/c1-11(21)20-9-3-4-12-10-13(7-8-14(12)20)24(22,23)19-16-6-2-5-15(17)18-16/h2,5-8,10H,3-4,9H2,1H3,(H,18,19). The first-order valence-electron chi connectivity index (χ1n) is 7.43. The third-order valence-corrected chi connectivity index (χ3v) is 5.61. The maximum Gasteiger partial charge on any atom is 0.263 e. The number of aryl methyl sites for hydroxylation is 1. The summed E-state index contributed by atoms with van der Waals surface area (Å²) in [4.78, 5) is 17.6. The highest BCUT2D eigenvalue weighted by atomic mass is 79.9. The van der Waals surface area contributed by atoms with E-state index in [9.17, 15) is 13.2 Å². The van der Waals surface area contributed by atoms with Crippen LogP contribution in [-0.4, -0.2) is 25.9 Å². The van der Waals surface area contributed by atoms with Gasteiger partial charge in [-0.2, -0.15) is 0 Å². The molecule has 0 fully saturated rings. The van der Waals surface area contributed by atoms with Crippen LogP contribution in [0.1, 0.15) is 18.9 Å². The van der Waals surface area contributed by atoms with E-state index in [0.717, 1.165) is 24.1 Å². The van der Waals surface area contributed by atoms with E-state index >= 15 is 0 Å². The molecular weight excluding hydrogens is 394 g/mol. The molecule has 1 N–H and O–H groups in total. The summed E-state index contributed by atoms with van der Waals surface area (Å²) in [5, 5.41) is 0. The summed E-state index contributed by atoms with van der Waals surface area (Å²) in [7, 11) is -3.74. The molecule has 24 heavy (non-hydrogen) atoms. The maximum atomic E-state index is 12.6. The monoisotopic (exact) mass is 409 g/mol. The Labute approximate surface area is 149 Å². The number of benzene rings is 1. The van der Waals surface area contributed by atoms with Crippen LogP contribution in [0.5, 0.6) is 0 Å². The Kier molecular flexibility index (Phi) is 4.60. The zero-order chi connectivity index (χ0) is 17.3. The molecule has 0 atom stereocenters. The fraction of sp³-hybridized carbons (Fsp3) is 0.250. The van der Waals surface area contributed by atoms with Crippen LogP contribution in [0, 0.1) is 0 Å². The van der Waals surface area contributed by atoms with Crippen molar-refractivity contribution in [2.45, 2.75) is 24.7 Å². The van der Waals surface area contributed by atoms with Crippen LogP contribution in [0.2, 0.25) is 0 Å². The molecule has 6 nitrogen and oxygen atoms in total. The molecule has 0 bridgehead atoms. The number of amides is 1. The van der Waals surface area contributed by atoms with E-state index in [2.05, 4.69) is 25.6 Å². The smallest absolute Gasteiger partial charge is 0.263 e. The number of nitrogens with one attached hydrogen (secondary N) is 1. The number of anilines is 2. The third-order valence-electron chi connectivity index (χ3n) is 3.81. The molecule has 0 radical (unpaired) electrons. The van der Waals surface area contributed by atoms with E-state index in [1.54, 1.807) is 35.2 Å². The van der Waals surface area contributed by atoms with Crippen LogP contribution in [0.15, 0.2) is 45.9 Å². The van der Waals surface area contributed by atoms with Gasteiger partial charge in [0, 0.05) is 19.2 Å². The summed E-state index contributed by atoms with van der Waals surface area (Å²) in [5.41, 5.74) is 1.65. The Morgan fingerprint density at radius 1 is 1.29 bits per heavy atom. The van der Waals surface area contributed by atoms with Crippen LogP contribution in [0.3, 0.4) is 0 Å². The predicted octanol–water partition coefficient (Wildman–Crippen LogP) is 2.94. The average molecular weight is 410 g/mol. The molecule has 2 heterocycles. The molecule has 1 aromatic heterocycles. The number of aromatic nitrogens is 1. The lowest BCUT2D eigenvalue weighted by Crippen LogP contribution is -2.33. The number of hydrogen-bond acceptors (Lipinski definition) is 4. The summed E-state index contributed by atoms with van der Waals surface area (Å²) in [5.74, 6) is 0.204. The largest absolute Gasteiger partial charge is 0.312 e. The third kappa shape index (κ3) is 3.44. The fourth-order valence-corrected chi connectivity index (χ4v) is 4.12. The Bertz CT molecular complexity index is 899. The molecule has 1 aliphatic heterocycles. The van der Waals surface area contributed by atoms with E-state index < -0.39 is 10.0 Å². The number of halogens is 1. The van der Waals surface area contributed by atoms with Gasteiger partial charge in [-0.1, -0.05) is 6.07 Å². The molecule has 126 valence electrons. The van der Waals surface area contributed by atoms with Gasteiger partial charge in [0.25, 0.3) is 10.0 Å². The molecule has 0 unspecified atom stereocenters. The highest BCUT2D eigenvalue weighted by Gasteiger charge is 2.23. The topological polar surface area (TPSA) is 79.4 Å². The van der Waals surface area contributed by atoms with E-state index in [0.29, 0.717) is 11.1 Å². The van der Waals surface area contributed by atoms with Gasteiger partial charge in [-0.05, 0) is 64.7 Å². The zero-order valence-electron chi connectivity index (χ0n) is 13.0. The molecule has 0 aliphatic carbocycles. The van der Waals surface area contributed by atoms with Gasteiger partial charge in [0.15, 0.2) is 0 Å². The summed E-state index contributed by atoms with van der Waals surface area (Å²) in [6.45, 7) is 2.18. The number of carbonyl (C=O) groups excluding carboxylic acids is 1. The first-order chi connectivity index (χ1) is 11.4. The minimum Gasteiger partial charge on any atom is -0.312 e. The fourth-order valence-electron chi connectivity index (χ4n) is 2.73. The van der Waals surface area contributed by atoms with E-state index in [-0.39, 0.29) is 16.6 Å². The predicted molar refractivity (Wildman–Crippen MR) is 95.5 cm³/mol. The van der Waals surface area contributed by atoms with Crippen molar-refractivity contribution in [3.63, 3.8) is 0 Å². The number of carbonyl (C=O) groups is 1. The van der Waals surface area contributed by atoms with Gasteiger partial charge in [0.1, 0.15) is 10.4 Å². The summed E-state index contributed by atoms with van der Waals surface area (Å²) in [6, 6.07) is 9.84. The summed E-state index contributed by atoms with van der Waals surface area (Å²) < 4.78 is 28.1. The Morgan fingerprint density at radius 3 is 2.79 bits per heavy atom. The maximum absolute atomic E-state index is 12.6. The lowest BCUT2D eigenvalue weighted by molar-refractivity contribution is -0.116. The number of nitrogens with zero attached hydrogens (tertiary/aromatic N) is 2. The number of pyridine rings is 1. The van der Waals surface area contributed by atoms with Gasteiger partial charge in [-0.25, -0.2) is 13.4 Å². The highest BCUT2D eigenvalue weighted by molar-refractivity contribution is 9.10. The summed E-state index contributed by atoms with van der Waals surface area (Å²) in [6.07, 6.45) is 1.56. The average Bonchev–Trinajstić information content (AvgIpc) is 2.53. The Hall–Kier alpha value is -1.93. The zero-order valence-corrected chi connectivity index (χ0v) is 15.4. The molecule has 1 aromatic carbocycles. The van der Waals surface area contributed by atoms with Crippen molar-refractivity contribution < 1.29 is 13.2 Å². The second-order valence-electron chi connectivity index (χ2n) is 5.52. The molecule has 3 rings (SSSR count). The van der Waals surface area contributed by atoms with Crippen molar-refractivity contribution in [1.29, 1.82) is 0 Å². The van der Waals surface area contributed by atoms with Gasteiger partial charge in [0.05, 0.1) is 4.90 Å². The van der Waals surface area contributed by atoms with Crippen molar-refractivity contribution in [2.24, 2.45) is 0 Å². The minimum atomic E-state index is -3.74. The molecular formula is C16H16BrN3O3S. The van der Waals surface area contributed by atoms with Crippen molar-refractivity contribution in [3.05, 3.63) is 46.6 Å². The first kappa shape index (κ1) is 16.9. The van der Waals surface area contributed by atoms with Gasteiger partial charge in [0.2, 0.25) is 5.91 Å². The Balaban J connectivity index is 1.93. The molecule has 0 saturated heterocycles. The van der Waals surface area contributed by atoms with Gasteiger partial charge >= 0.3 is 0 Å². The van der Waals surface area contributed by atoms with Crippen molar-refractivity contribution in [3.8, 4) is 0 Å². The van der Waals surface area contributed by atoms with Gasteiger partial charge in [-0.15, -0.1) is 0 Å². The van der Waals surface area contributed by atoms with Crippen molar-refractivity contribution in [2.75, 3.05) is 16.2 Å². The quantitative estimate of drug-likeness (QED) is 0.790. The van der Waals surface area contributed by atoms with Crippen LogP contribution >= 0.6 is 15.9 Å². The number of sulfonamides is 1. The minimum absolute atomic E-state index is 0.0389. The molecule has 0 saturated carbocycles.